The first-order chi connectivity index (χ1) is 9.56. The lowest BCUT2D eigenvalue weighted by molar-refractivity contribution is -0.386. The number of hydrogen-bond acceptors (Lipinski definition) is 4. The van der Waals surface area contributed by atoms with E-state index in [2.05, 4.69) is 5.32 Å². The number of amides is 1. The van der Waals surface area contributed by atoms with E-state index < -0.39 is 4.92 Å². The van der Waals surface area contributed by atoms with E-state index in [4.69, 9.17) is 4.74 Å². The van der Waals surface area contributed by atoms with Crippen molar-refractivity contribution in [2.45, 2.75) is 45.1 Å². The van der Waals surface area contributed by atoms with Gasteiger partial charge in [-0.15, -0.1) is 0 Å². The molecule has 0 radical (unpaired) electrons. The third kappa shape index (κ3) is 3.69. The fourth-order valence-electron chi connectivity index (χ4n) is 2.40. The van der Waals surface area contributed by atoms with E-state index in [0.717, 1.165) is 25.7 Å². The number of anilines is 1. The lowest BCUT2D eigenvalue weighted by Gasteiger charge is -2.22. The van der Waals surface area contributed by atoms with Gasteiger partial charge in [0, 0.05) is 18.7 Å². The van der Waals surface area contributed by atoms with Gasteiger partial charge >= 0.3 is 5.69 Å². The molecule has 0 aliphatic heterocycles. The summed E-state index contributed by atoms with van der Waals surface area (Å²) < 4.78 is 5.75. The summed E-state index contributed by atoms with van der Waals surface area (Å²) in [6, 6.07) is 4.50. The smallest absolute Gasteiger partial charge is 0.313 e. The highest BCUT2D eigenvalue weighted by atomic mass is 16.6. The molecule has 1 aromatic carbocycles. The van der Waals surface area contributed by atoms with Crippen molar-refractivity contribution in [2.75, 3.05) is 5.32 Å². The molecule has 1 fully saturated rings. The molecule has 0 atom stereocenters. The summed E-state index contributed by atoms with van der Waals surface area (Å²) in [6.45, 7) is 1.36. The van der Waals surface area contributed by atoms with Crippen molar-refractivity contribution < 1.29 is 14.5 Å². The maximum Gasteiger partial charge on any atom is 0.313 e. The minimum Gasteiger partial charge on any atom is -0.484 e. The van der Waals surface area contributed by atoms with E-state index in [1.807, 2.05) is 0 Å². The van der Waals surface area contributed by atoms with Crippen molar-refractivity contribution in [3.8, 4) is 5.75 Å². The number of hydrogen-bond donors (Lipinski definition) is 1. The molecular formula is C14H18N2O4. The molecule has 1 aliphatic carbocycles. The fourth-order valence-corrected chi connectivity index (χ4v) is 2.40. The summed E-state index contributed by atoms with van der Waals surface area (Å²) in [4.78, 5) is 21.6. The Kier molecular flexibility index (Phi) is 4.55. The number of nitrogens with zero attached hydrogens (tertiary/aromatic N) is 1. The van der Waals surface area contributed by atoms with Crippen molar-refractivity contribution in [1.29, 1.82) is 0 Å². The van der Waals surface area contributed by atoms with Crippen LogP contribution in [0.3, 0.4) is 0 Å². The average Bonchev–Trinajstić information content (AvgIpc) is 2.41. The normalized spacial score (nSPS) is 15.7. The molecule has 6 nitrogen and oxygen atoms in total. The van der Waals surface area contributed by atoms with Crippen LogP contribution in [0.5, 0.6) is 5.75 Å². The summed E-state index contributed by atoms with van der Waals surface area (Å²) in [5.41, 5.74) is 0.294. The van der Waals surface area contributed by atoms with Crippen molar-refractivity contribution in [3.63, 3.8) is 0 Å². The van der Waals surface area contributed by atoms with E-state index in [-0.39, 0.29) is 23.4 Å². The van der Waals surface area contributed by atoms with Crippen LogP contribution >= 0.6 is 0 Å². The molecule has 0 unspecified atom stereocenters. The van der Waals surface area contributed by atoms with Gasteiger partial charge in [-0.2, -0.15) is 0 Å². The molecule has 0 aromatic heterocycles. The van der Waals surface area contributed by atoms with Gasteiger partial charge in [0.2, 0.25) is 5.91 Å². The first-order valence-electron chi connectivity index (χ1n) is 6.79. The van der Waals surface area contributed by atoms with Crippen molar-refractivity contribution in [2.24, 2.45) is 0 Å². The SMILES string of the molecule is CC(=O)Nc1ccc(OC2CCCCC2)c([N+](=O)[O-])c1. The van der Waals surface area contributed by atoms with Gasteiger partial charge in [-0.25, -0.2) is 0 Å². The molecule has 20 heavy (non-hydrogen) atoms. The Bertz CT molecular complexity index is 510. The Morgan fingerprint density at radius 1 is 1.35 bits per heavy atom. The first-order valence-corrected chi connectivity index (χ1v) is 6.79. The Labute approximate surface area is 117 Å². The van der Waals surface area contributed by atoms with Crippen LogP contribution in [-0.2, 0) is 4.79 Å². The Hall–Kier alpha value is -2.11. The molecule has 6 heteroatoms. The number of benzene rings is 1. The maximum atomic E-state index is 11.1. The van der Waals surface area contributed by atoms with E-state index in [1.165, 1.54) is 19.4 Å². The van der Waals surface area contributed by atoms with E-state index in [9.17, 15) is 14.9 Å². The number of carbonyl (C=O) groups is 1. The lowest BCUT2D eigenvalue weighted by atomic mass is 9.98. The predicted octanol–water partition coefficient (Wildman–Crippen LogP) is 3.26. The number of rotatable bonds is 4. The second kappa shape index (κ2) is 6.36. The van der Waals surface area contributed by atoms with Crippen LogP contribution in [0.1, 0.15) is 39.0 Å². The molecule has 108 valence electrons. The predicted molar refractivity (Wildman–Crippen MR) is 74.9 cm³/mol. The Morgan fingerprint density at radius 3 is 2.65 bits per heavy atom. The zero-order chi connectivity index (χ0) is 14.5. The summed E-state index contributed by atoms with van der Waals surface area (Å²) in [6.07, 6.45) is 5.32. The molecule has 0 saturated heterocycles. The summed E-state index contributed by atoms with van der Waals surface area (Å²) in [7, 11) is 0. The molecular weight excluding hydrogens is 260 g/mol. The average molecular weight is 278 g/mol. The molecule has 1 aliphatic rings. The zero-order valence-corrected chi connectivity index (χ0v) is 11.4. The summed E-state index contributed by atoms with van der Waals surface area (Å²) in [5.74, 6) is 0.0104. The largest absolute Gasteiger partial charge is 0.484 e. The van der Waals surface area contributed by atoms with Crippen molar-refractivity contribution >= 4 is 17.3 Å². The van der Waals surface area contributed by atoms with Crippen LogP contribution in [0.4, 0.5) is 11.4 Å². The Balaban J connectivity index is 2.18. The van der Waals surface area contributed by atoms with Crippen LogP contribution in [0, 0.1) is 10.1 Å². The molecule has 0 bridgehead atoms. The molecule has 1 aromatic rings. The van der Waals surface area contributed by atoms with Gasteiger partial charge in [0.25, 0.3) is 0 Å². The third-order valence-electron chi connectivity index (χ3n) is 3.32. The van der Waals surface area contributed by atoms with Crippen molar-refractivity contribution in [3.05, 3.63) is 28.3 Å². The quantitative estimate of drug-likeness (QED) is 0.677. The highest BCUT2D eigenvalue weighted by Crippen LogP contribution is 2.33. The number of nitro benzene ring substituents is 1. The molecule has 2 rings (SSSR count). The van der Waals surface area contributed by atoms with Crippen LogP contribution in [-0.4, -0.2) is 16.9 Å². The van der Waals surface area contributed by atoms with Crippen molar-refractivity contribution in [1.82, 2.24) is 0 Å². The van der Waals surface area contributed by atoms with Gasteiger partial charge < -0.3 is 10.1 Å². The van der Waals surface area contributed by atoms with Gasteiger partial charge in [0.1, 0.15) is 0 Å². The third-order valence-corrected chi connectivity index (χ3v) is 3.32. The van der Waals surface area contributed by atoms with Gasteiger partial charge in [-0.1, -0.05) is 6.42 Å². The van der Waals surface area contributed by atoms with Gasteiger partial charge in [-0.3, -0.25) is 14.9 Å². The lowest BCUT2D eigenvalue weighted by Crippen LogP contribution is -2.20. The number of nitro groups is 1. The monoisotopic (exact) mass is 278 g/mol. The summed E-state index contributed by atoms with van der Waals surface area (Å²) >= 11 is 0. The van der Waals surface area contributed by atoms with Crippen LogP contribution in [0.2, 0.25) is 0 Å². The molecule has 0 spiro atoms. The topological polar surface area (TPSA) is 81.5 Å². The second-order valence-electron chi connectivity index (χ2n) is 5.00. The summed E-state index contributed by atoms with van der Waals surface area (Å²) in [5, 5.41) is 13.6. The van der Waals surface area contributed by atoms with Gasteiger partial charge in [0.15, 0.2) is 5.75 Å². The van der Waals surface area contributed by atoms with E-state index in [1.54, 1.807) is 12.1 Å². The van der Waals surface area contributed by atoms with Gasteiger partial charge in [0.05, 0.1) is 11.0 Å². The van der Waals surface area contributed by atoms with Gasteiger partial charge in [-0.05, 0) is 37.8 Å². The molecule has 1 N–H and O–H groups in total. The van der Waals surface area contributed by atoms with Crippen LogP contribution < -0.4 is 10.1 Å². The minimum atomic E-state index is -0.483. The maximum absolute atomic E-state index is 11.1. The second-order valence-corrected chi connectivity index (χ2v) is 5.00. The molecule has 0 heterocycles. The molecule has 1 saturated carbocycles. The van der Waals surface area contributed by atoms with E-state index >= 15 is 0 Å². The van der Waals surface area contributed by atoms with Crippen LogP contribution in [0.25, 0.3) is 0 Å². The van der Waals surface area contributed by atoms with E-state index in [0.29, 0.717) is 5.69 Å². The first kappa shape index (κ1) is 14.3. The number of carbonyl (C=O) groups excluding carboxylic acids is 1. The highest BCUT2D eigenvalue weighted by molar-refractivity contribution is 5.89. The fraction of sp³-hybridized carbons (Fsp3) is 0.500. The number of nitrogens with one attached hydrogen (secondary N) is 1. The minimum absolute atomic E-state index is 0.0501. The standard InChI is InChI=1S/C14H18N2O4/c1-10(17)15-11-7-8-14(13(9-11)16(18)19)20-12-5-3-2-4-6-12/h7-9,12H,2-6H2,1H3,(H,15,17). The Morgan fingerprint density at radius 2 is 2.05 bits per heavy atom. The number of ether oxygens (including phenoxy) is 1. The van der Waals surface area contributed by atoms with Crippen LogP contribution in [0.15, 0.2) is 18.2 Å². The highest BCUT2D eigenvalue weighted by Gasteiger charge is 2.21. The zero-order valence-electron chi connectivity index (χ0n) is 11.4. The molecule has 1 amide bonds.